The first-order valence-corrected chi connectivity index (χ1v) is 5.44. The summed E-state index contributed by atoms with van der Waals surface area (Å²) in [7, 11) is 0. The molecule has 0 saturated carbocycles. The van der Waals surface area contributed by atoms with Crippen LogP contribution in [0, 0.1) is 5.92 Å². The minimum Gasteiger partial charge on any atom is -0.550 e. The molecule has 0 bridgehead atoms. The van der Waals surface area contributed by atoms with Gasteiger partial charge in [-0.25, -0.2) is 0 Å². The number of hydrogen-bond donors (Lipinski definition) is 1. The normalized spacial score (nSPS) is 11.8. The summed E-state index contributed by atoms with van der Waals surface area (Å²) in [5.74, 6) is -1.52. The predicted octanol–water partition coefficient (Wildman–Crippen LogP) is -0.136. The molecule has 1 atom stereocenters. The molecule has 92 valence electrons. The number of nitrogens with one attached hydrogen (secondary N) is 1. The molecule has 1 aromatic heterocycles. The van der Waals surface area contributed by atoms with Crippen LogP contribution in [0.5, 0.6) is 0 Å². The van der Waals surface area contributed by atoms with Gasteiger partial charge >= 0.3 is 0 Å². The predicted molar refractivity (Wildman–Crippen MR) is 59.5 cm³/mol. The number of carbonyl (C=O) groups excluding carboxylic acids is 2. The van der Waals surface area contributed by atoms with Gasteiger partial charge in [-0.15, -0.1) is 0 Å². The molecule has 1 aromatic rings. The summed E-state index contributed by atoms with van der Waals surface area (Å²) in [5.41, 5.74) is 0.772. The number of amides is 1. The molecule has 1 rings (SSSR count). The smallest absolute Gasteiger partial charge is 0.220 e. The number of carboxylic acids is 1. The van der Waals surface area contributed by atoms with E-state index in [0.29, 0.717) is 6.54 Å². The van der Waals surface area contributed by atoms with Crippen molar-refractivity contribution in [1.29, 1.82) is 0 Å². The van der Waals surface area contributed by atoms with Crippen molar-refractivity contribution in [2.75, 3.05) is 0 Å². The molecule has 0 spiro atoms. The molecule has 1 N–H and O–H groups in total. The van der Waals surface area contributed by atoms with Crippen molar-refractivity contribution in [2.24, 2.45) is 5.92 Å². The number of aliphatic carboxylic acids is 1. The van der Waals surface area contributed by atoms with Crippen LogP contribution in [0.3, 0.4) is 0 Å². The molecule has 0 aliphatic heterocycles. The fourth-order valence-corrected chi connectivity index (χ4v) is 1.44. The summed E-state index contributed by atoms with van der Waals surface area (Å²) >= 11 is 0. The van der Waals surface area contributed by atoms with Gasteiger partial charge in [0, 0.05) is 18.6 Å². The van der Waals surface area contributed by atoms with E-state index in [-0.39, 0.29) is 24.7 Å². The highest BCUT2D eigenvalue weighted by molar-refractivity contribution is 5.76. The van der Waals surface area contributed by atoms with Crippen molar-refractivity contribution >= 4 is 11.9 Å². The van der Waals surface area contributed by atoms with Crippen LogP contribution in [0.15, 0.2) is 24.4 Å². The molecule has 0 aliphatic carbocycles. The molecule has 0 unspecified atom stereocenters. The molecule has 0 aromatic carbocycles. The van der Waals surface area contributed by atoms with E-state index in [1.54, 1.807) is 19.2 Å². The lowest BCUT2D eigenvalue weighted by Crippen LogP contribution is -2.28. The number of aromatic nitrogens is 1. The molecular formula is C12H15N2O3-. The number of nitrogens with zero attached hydrogens (tertiary/aromatic N) is 1. The quantitative estimate of drug-likeness (QED) is 0.744. The topological polar surface area (TPSA) is 82.1 Å². The molecule has 1 heterocycles. The van der Waals surface area contributed by atoms with Gasteiger partial charge in [0.05, 0.1) is 12.2 Å². The van der Waals surface area contributed by atoms with Crippen molar-refractivity contribution in [3.05, 3.63) is 30.1 Å². The first kappa shape index (κ1) is 13.2. The highest BCUT2D eigenvalue weighted by Gasteiger charge is 2.09. The summed E-state index contributed by atoms with van der Waals surface area (Å²) in [6.45, 7) is 2.06. The first-order chi connectivity index (χ1) is 8.08. The molecule has 5 heteroatoms. The zero-order chi connectivity index (χ0) is 12.7. The van der Waals surface area contributed by atoms with E-state index in [1.807, 2.05) is 12.1 Å². The van der Waals surface area contributed by atoms with Gasteiger partial charge in [-0.3, -0.25) is 9.78 Å². The summed E-state index contributed by atoms with van der Waals surface area (Å²) < 4.78 is 0. The summed E-state index contributed by atoms with van der Waals surface area (Å²) in [6.07, 6.45) is 1.73. The van der Waals surface area contributed by atoms with Crippen molar-refractivity contribution in [3.63, 3.8) is 0 Å². The second-order valence-electron chi connectivity index (χ2n) is 3.98. The van der Waals surface area contributed by atoms with Crippen molar-refractivity contribution in [3.8, 4) is 0 Å². The Balaban J connectivity index is 2.28. The third-order valence-corrected chi connectivity index (χ3v) is 2.24. The SMILES string of the molecule is C[C@H](CC(=O)[O-])CC(=O)NCc1ccccn1. The van der Waals surface area contributed by atoms with Crippen LogP contribution < -0.4 is 10.4 Å². The van der Waals surface area contributed by atoms with Crippen molar-refractivity contribution in [1.82, 2.24) is 10.3 Å². The Morgan fingerprint density at radius 2 is 2.18 bits per heavy atom. The van der Waals surface area contributed by atoms with Crippen molar-refractivity contribution in [2.45, 2.75) is 26.3 Å². The van der Waals surface area contributed by atoms with Gasteiger partial charge in [0.1, 0.15) is 0 Å². The van der Waals surface area contributed by atoms with E-state index in [0.717, 1.165) is 5.69 Å². The third-order valence-electron chi connectivity index (χ3n) is 2.24. The minimum atomic E-state index is -1.13. The van der Waals surface area contributed by atoms with E-state index in [1.165, 1.54) is 0 Å². The Morgan fingerprint density at radius 1 is 1.41 bits per heavy atom. The molecule has 1 amide bonds. The summed E-state index contributed by atoms with van der Waals surface area (Å²) in [6, 6.07) is 5.45. The Bertz CT molecular complexity index is 379. The number of carbonyl (C=O) groups is 2. The molecule has 0 fully saturated rings. The van der Waals surface area contributed by atoms with Gasteiger partial charge in [0.25, 0.3) is 0 Å². The number of rotatable bonds is 6. The van der Waals surface area contributed by atoms with Crippen LogP contribution in [-0.4, -0.2) is 16.9 Å². The summed E-state index contributed by atoms with van der Waals surface area (Å²) in [5, 5.41) is 13.0. The number of carboxylic acid groups (broad SMARTS) is 1. The average molecular weight is 235 g/mol. The van der Waals surface area contributed by atoms with Gasteiger partial charge in [-0.05, 0) is 24.5 Å². The zero-order valence-corrected chi connectivity index (χ0v) is 9.68. The van der Waals surface area contributed by atoms with Crippen LogP contribution in [0.2, 0.25) is 0 Å². The fraction of sp³-hybridized carbons (Fsp3) is 0.417. The lowest BCUT2D eigenvalue weighted by Gasteiger charge is -2.11. The van der Waals surface area contributed by atoms with Crippen LogP contribution in [-0.2, 0) is 16.1 Å². The van der Waals surface area contributed by atoms with E-state index in [4.69, 9.17) is 0 Å². The molecule has 0 saturated heterocycles. The second-order valence-corrected chi connectivity index (χ2v) is 3.98. The number of pyridine rings is 1. The minimum absolute atomic E-state index is 0.100. The van der Waals surface area contributed by atoms with E-state index >= 15 is 0 Å². The van der Waals surface area contributed by atoms with Gasteiger partial charge in [0.2, 0.25) is 5.91 Å². The Hall–Kier alpha value is -1.91. The zero-order valence-electron chi connectivity index (χ0n) is 9.68. The lowest BCUT2D eigenvalue weighted by molar-refractivity contribution is -0.306. The monoisotopic (exact) mass is 235 g/mol. The third kappa shape index (κ3) is 5.65. The van der Waals surface area contributed by atoms with Gasteiger partial charge in [-0.2, -0.15) is 0 Å². The van der Waals surface area contributed by atoms with E-state index in [9.17, 15) is 14.7 Å². The maximum atomic E-state index is 11.5. The molecule has 5 nitrogen and oxygen atoms in total. The molecule has 0 aliphatic rings. The number of hydrogen-bond acceptors (Lipinski definition) is 4. The van der Waals surface area contributed by atoms with Gasteiger partial charge in [0.15, 0.2) is 0 Å². The maximum Gasteiger partial charge on any atom is 0.220 e. The van der Waals surface area contributed by atoms with Crippen molar-refractivity contribution < 1.29 is 14.7 Å². The van der Waals surface area contributed by atoms with Crippen LogP contribution >= 0.6 is 0 Å². The largest absolute Gasteiger partial charge is 0.550 e. The Labute approximate surface area is 99.9 Å². The lowest BCUT2D eigenvalue weighted by atomic mass is 10.0. The standard InChI is InChI=1S/C12H16N2O3/c1-9(7-12(16)17)6-11(15)14-8-10-4-2-3-5-13-10/h2-5,9H,6-8H2,1H3,(H,14,15)(H,16,17)/p-1/t9-/m0/s1. The van der Waals surface area contributed by atoms with Crippen LogP contribution in [0.25, 0.3) is 0 Å². The molecule has 0 radical (unpaired) electrons. The van der Waals surface area contributed by atoms with E-state index < -0.39 is 5.97 Å². The van der Waals surface area contributed by atoms with Gasteiger partial charge in [-0.1, -0.05) is 13.0 Å². The second kappa shape index (κ2) is 6.62. The Kier molecular flexibility index (Phi) is 5.13. The average Bonchev–Trinajstić information content (AvgIpc) is 2.26. The first-order valence-electron chi connectivity index (χ1n) is 5.44. The summed E-state index contributed by atoms with van der Waals surface area (Å²) in [4.78, 5) is 25.8. The van der Waals surface area contributed by atoms with Gasteiger partial charge < -0.3 is 15.2 Å². The van der Waals surface area contributed by atoms with Crippen LogP contribution in [0.1, 0.15) is 25.5 Å². The molecule has 17 heavy (non-hydrogen) atoms. The molecular weight excluding hydrogens is 220 g/mol. The van der Waals surface area contributed by atoms with Crippen LogP contribution in [0.4, 0.5) is 0 Å². The Morgan fingerprint density at radius 3 is 2.76 bits per heavy atom. The van der Waals surface area contributed by atoms with E-state index in [2.05, 4.69) is 10.3 Å². The highest BCUT2D eigenvalue weighted by atomic mass is 16.4. The fourth-order valence-electron chi connectivity index (χ4n) is 1.44. The maximum absolute atomic E-state index is 11.5. The highest BCUT2D eigenvalue weighted by Crippen LogP contribution is 2.06.